The number of nitrogens with zero attached hydrogens (tertiary/aromatic N) is 4. The summed E-state index contributed by atoms with van der Waals surface area (Å²) in [6.45, 7) is -0.146. The Morgan fingerprint density at radius 3 is 2.45 bits per heavy atom. The molecule has 6 heteroatoms. The molecule has 2 aromatic heterocycles. The number of aromatic nitrogens is 4. The van der Waals surface area contributed by atoms with E-state index in [9.17, 15) is 0 Å². The fourth-order valence-electron chi connectivity index (χ4n) is 1.79. The van der Waals surface area contributed by atoms with Crippen molar-refractivity contribution >= 4 is 17.1 Å². The molecule has 20 heavy (non-hydrogen) atoms. The highest BCUT2D eigenvalue weighted by Gasteiger charge is 2.12. The van der Waals surface area contributed by atoms with Crippen molar-refractivity contribution < 1.29 is 5.11 Å². The topological polar surface area (TPSA) is 97.8 Å². The number of rotatable bonds is 1. The molecule has 0 unspecified atom stereocenters. The van der Waals surface area contributed by atoms with Crippen molar-refractivity contribution in [3.63, 3.8) is 0 Å². The zero-order chi connectivity index (χ0) is 13.9. The summed E-state index contributed by atoms with van der Waals surface area (Å²) in [5.41, 5.74) is 9.87. The highest BCUT2D eigenvalue weighted by atomic mass is 16.3. The van der Waals surface area contributed by atoms with Gasteiger partial charge in [0, 0.05) is 0 Å². The minimum absolute atomic E-state index is 0.146. The van der Waals surface area contributed by atoms with Crippen LogP contribution in [0, 0.1) is 0 Å². The quantitative estimate of drug-likeness (QED) is 0.535. The maximum Gasteiger partial charge on any atom is 0.222 e. The molecule has 1 aromatic carbocycles. The number of hydrogen-bond acceptors (Lipinski definition) is 6. The van der Waals surface area contributed by atoms with Crippen LogP contribution in [0.25, 0.3) is 11.2 Å². The van der Waals surface area contributed by atoms with Gasteiger partial charge >= 0.3 is 0 Å². The molecule has 3 N–H and O–H groups in total. The molecule has 0 bridgehead atoms. The van der Waals surface area contributed by atoms with Gasteiger partial charge in [-0.2, -0.15) is 4.98 Å². The number of nitrogens with two attached hydrogens (primary N) is 1. The van der Waals surface area contributed by atoms with Gasteiger partial charge in [-0.15, -0.1) is 0 Å². The summed E-state index contributed by atoms with van der Waals surface area (Å²) in [5, 5.41) is 8.78. The normalized spacial score (nSPS) is 11.4. The van der Waals surface area contributed by atoms with Crippen molar-refractivity contribution in [1.82, 2.24) is 19.9 Å². The highest BCUT2D eigenvalue weighted by molar-refractivity contribution is 5.69. The van der Waals surface area contributed by atoms with Crippen molar-refractivity contribution in [1.29, 1.82) is 0 Å². The Morgan fingerprint density at radius 1 is 1.05 bits per heavy atom. The first-order chi connectivity index (χ1) is 9.76. The lowest BCUT2D eigenvalue weighted by Gasteiger charge is -1.98. The largest absolute Gasteiger partial charge is 0.390 e. The summed E-state index contributed by atoms with van der Waals surface area (Å²) >= 11 is 0. The van der Waals surface area contributed by atoms with Crippen LogP contribution in [0.3, 0.4) is 0 Å². The lowest BCUT2D eigenvalue weighted by molar-refractivity contribution is 0.277. The molecule has 6 nitrogen and oxygen atoms in total. The van der Waals surface area contributed by atoms with E-state index >= 15 is 0 Å². The smallest absolute Gasteiger partial charge is 0.222 e. The van der Waals surface area contributed by atoms with E-state index < -0.39 is 0 Å². The number of aliphatic hydroxyl groups is 1. The molecule has 0 amide bonds. The number of benzene rings is 1. The Morgan fingerprint density at radius 2 is 1.80 bits per heavy atom. The summed E-state index contributed by atoms with van der Waals surface area (Å²) in [4.78, 5) is 15.6. The second-order valence-electron chi connectivity index (χ2n) is 4.40. The average Bonchev–Trinajstić information content (AvgIpc) is 3.27. The van der Waals surface area contributed by atoms with Crippen molar-refractivity contribution in [3.05, 3.63) is 53.5 Å². The molecule has 2 heterocycles. The summed E-state index contributed by atoms with van der Waals surface area (Å²) in [5.74, 6) is 0.165. The lowest BCUT2D eigenvalue weighted by Crippen LogP contribution is -1.99. The summed E-state index contributed by atoms with van der Waals surface area (Å²) in [7, 11) is 0. The molecule has 1 aliphatic carbocycles. The van der Waals surface area contributed by atoms with Gasteiger partial charge in [0.1, 0.15) is 5.52 Å². The molecule has 3 aromatic rings. The number of hydrogen-bond donors (Lipinski definition) is 2. The van der Waals surface area contributed by atoms with Gasteiger partial charge < -0.3 is 10.8 Å². The Bertz CT molecular complexity index is 738. The molecule has 0 aliphatic heterocycles. The zero-order valence-electron chi connectivity index (χ0n) is 10.7. The maximum atomic E-state index is 8.78. The fourth-order valence-corrected chi connectivity index (χ4v) is 1.79. The first-order valence-electron chi connectivity index (χ1n) is 6.18. The van der Waals surface area contributed by atoms with Crippen LogP contribution >= 0.6 is 0 Å². The van der Waals surface area contributed by atoms with E-state index in [0.29, 0.717) is 16.9 Å². The van der Waals surface area contributed by atoms with Crippen LogP contribution in [-0.2, 0) is 13.0 Å². The van der Waals surface area contributed by atoms with E-state index in [1.165, 1.54) is 29.9 Å². The van der Waals surface area contributed by atoms with E-state index in [1.807, 2.05) is 0 Å². The van der Waals surface area contributed by atoms with Crippen LogP contribution in [0.1, 0.15) is 16.8 Å². The molecule has 0 fully saturated rings. The molecule has 1 aliphatic rings. The average molecular weight is 267 g/mol. The molecule has 0 atom stereocenters. The van der Waals surface area contributed by atoms with Gasteiger partial charge in [0.05, 0.1) is 24.7 Å². The third kappa shape index (κ3) is 2.70. The summed E-state index contributed by atoms with van der Waals surface area (Å²) in [6, 6.07) is 8.53. The number of fused-ring (bicyclic) bond motifs is 2. The van der Waals surface area contributed by atoms with Crippen molar-refractivity contribution in [2.24, 2.45) is 0 Å². The standard InChI is InChI=1S/C7H7N5O.C7H6/c8-7-10-2-5-6(12-7)9-1-4(3-13)11-5;1-2-4-7-5-6(7)3-1/h1-2,13H,3H2,(H2,8,9,10,12);1-4H,5H2. The predicted octanol–water partition coefficient (Wildman–Crippen LogP) is 1.09. The Labute approximate surface area is 115 Å². The SMILES string of the molecule is Nc1ncc2nc(CO)cnc2n1.c1ccc2c(c1)C2. The van der Waals surface area contributed by atoms with Crippen LogP contribution in [0.4, 0.5) is 5.95 Å². The molecule has 0 saturated heterocycles. The summed E-state index contributed by atoms with van der Waals surface area (Å²) in [6.07, 6.45) is 4.17. The van der Waals surface area contributed by atoms with Crippen LogP contribution in [0.15, 0.2) is 36.7 Å². The molecule has 100 valence electrons. The second-order valence-corrected chi connectivity index (χ2v) is 4.40. The van der Waals surface area contributed by atoms with Gasteiger partial charge in [0.25, 0.3) is 0 Å². The number of aliphatic hydroxyl groups excluding tert-OH is 1. The summed E-state index contributed by atoms with van der Waals surface area (Å²) < 4.78 is 0. The van der Waals surface area contributed by atoms with E-state index in [4.69, 9.17) is 10.8 Å². The van der Waals surface area contributed by atoms with Crippen molar-refractivity contribution in [2.75, 3.05) is 5.73 Å². The Hall–Kier alpha value is -2.60. The maximum absolute atomic E-state index is 8.78. The van der Waals surface area contributed by atoms with E-state index in [2.05, 4.69) is 44.2 Å². The van der Waals surface area contributed by atoms with Crippen LogP contribution in [0.5, 0.6) is 0 Å². The first-order valence-corrected chi connectivity index (χ1v) is 6.18. The fraction of sp³-hybridized carbons (Fsp3) is 0.143. The monoisotopic (exact) mass is 267 g/mol. The van der Waals surface area contributed by atoms with Gasteiger partial charge in [-0.25, -0.2) is 15.0 Å². The van der Waals surface area contributed by atoms with Gasteiger partial charge in [-0.3, -0.25) is 0 Å². The third-order valence-electron chi connectivity index (χ3n) is 2.90. The van der Waals surface area contributed by atoms with Crippen molar-refractivity contribution in [2.45, 2.75) is 13.0 Å². The third-order valence-corrected chi connectivity index (χ3v) is 2.90. The minimum atomic E-state index is -0.146. The van der Waals surface area contributed by atoms with Crippen LogP contribution in [-0.4, -0.2) is 25.0 Å². The predicted molar refractivity (Wildman–Crippen MR) is 74.7 cm³/mol. The van der Waals surface area contributed by atoms with E-state index in [-0.39, 0.29) is 12.6 Å². The van der Waals surface area contributed by atoms with Crippen LogP contribution in [0.2, 0.25) is 0 Å². The van der Waals surface area contributed by atoms with E-state index in [0.717, 1.165) is 0 Å². The first kappa shape index (κ1) is 12.4. The Balaban J connectivity index is 0.000000144. The highest BCUT2D eigenvalue weighted by Crippen LogP contribution is 2.25. The molecular formula is C14H13N5O. The van der Waals surface area contributed by atoms with E-state index in [1.54, 1.807) is 0 Å². The Kier molecular flexibility index (Phi) is 3.22. The van der Waals surface area contributed by atoms with Gasteiger partial charge in [-0.05, 0) is 17.5 Å². The molecule has 0 radical (unpaired) electrons. The minimum Gasteiger partial charge on any atom is -0.390 e. The van der Waals surface area contributed by atoms with Gasteiger partial charge in [0.15, 0.2) is 5.65 Å². The van der Waals surface area contributed by atoms with Gasteiger partial charge in [-0.1, -0.05) is 24.3 Å². The number of nitrogen functional groups attached to an aromatic ring is 1. The molecular weight excluding hydrogens is 254 g/mol. The zero-order valence-corrected chi connectivity index (χ0v) is 10.7. The number of anilines is 1. The van der Waals surface area contributed by atoms with Gasteiger partial charge in [0.2, 0.25) is 5.95 Å². The molecule has 0 saturated carbocycles. The lowest BCUT2D eigenvalue weighted by atomic mass is 10.4. The second kappa shape index (κ2) is 5.18. The molecule has 4 rings (SSSR count). The molecule has 0 spiro atoms. The van der Waals surface area contributed by atoms with Crippen molar-refractivity contribution in [3.8, 4) is 0 Å². The van der Waals surface area contributed by atoms with Crippen LogP contribution < -0.4 is 5.73 Å².